The largest absolute Gasteiger partial charge is 0.271 e. The lowest BCUT2D eigenvalue weighted by molar-refractivity contribution is 0.513. The van der Waals surface area contributed by atoms with Crippen molar-refractivity contribution < 1.29 is 4.39 Å². The summed E-state index contributed by atoms with van der Waals surface area (Å²) in [5, 5.41) is 0.482. The minimum Gasteiger partial charge on any atom is -0.271 e. The van der Waals surface area contributed by atoms with Crippen molar-refractivity contribution >= 4 is 34.5 Å². The number of halogens is 3. The van der Waals surface area contributed by atoms with Crippen molar-refractivity contribution in [2.75, 3.05) is 0 Å². The van der Waals surface area contributed by atoms with Crippen molar-refractivity contribution in [2.24, 2.45) is 5.84 Å². The summed E-state index contributed by atoms with van der Waals surface area (Å²) in [6.07, 6.45) is 0.561. The molecule has 1 heterocycles. The van der Waals surface area contributed by atoms with Gasteiger partial charge in [-0.1, -0.05) is 23.2 Å². The van der Waals surface area contributed by atoms with Crippen LogP contribution < -0.4 is 11.3 Å². The number of hydrazine groups is 1. The summed E-state index contributed by atoms with van der Waals surface area (Å²) in [5.41, 5.74) is 3.06. The molecule has 0 saturated carbocycles. The van der Waals surface area contributed by atoms with Crippen molar-refractivity contribution in [3.63, 3.8) is 0 Å². The van der Waals surface area contributed by atoms with E-state index in [0.717, 1.165) is 4.88 Å². The Bertz CT molecular complexity index is 545. The quantitative estimate of drug-likeness (QED) is 0.663. The third-order valence-electron chi connectivity index (χ3n) is 2.57. The second-order valence-electron chi connectivity index (χ2n) is 3.80. The predicted molar refractivity (Wildman–Crippen MR) is 74.5 cm³/mol. The summed E-state index contributed by atoms with van der Waals surface area (Å²) >= 11 is 13.2. The van der Waals surface area contributed by atoms with Crippen LogP contribution in [0.2, 0.25) is 9.36 Å². The first kappa shape index (κ1) is 13.8. The van der Waals surface area contributed by atoms with E-state index < -0.39 is 0 Å². The average Bonchev–Trinajstić information content (AvgIpc) is 2.75. The number of hydrogen-bond acceptors (Lipinski definition) is 3. The molecule has 0 amide bonds. The van der Waals surface area contributed by atoms with Crippen LogP contribution >= 0.6 is 34.5 Å². The molecule has 0 radical (unpaired) electrons. The van der Waals surface area contributed by atoms with Crippen molar-refractivity contribution in [1.82, 2.24) is 5.43 Å². The Morgan fingerprint density at radius 1 is 1.28 bits per heavy atom. The Morgan fingerprint density at radius 3 is 2.67 bits per heavy atom. The van der Waals surface area contributed by atoms with Gasteiger partial charge >= 0.3 is 0 Å². The Kier molecular flexibility index (Phi) is 4.59. The van der Waals surface area contributed by atoms with E-state index in [-0.39, 0.29) is 11.9 Å². The minimum atomic E-state index is -0.335. The normalized spacial score (nSPS) is 12.7. The van der Waals surface area contributed by atoms with Gasteiger partial charge in [0, 0.05) is 21.9 Å². The third-order valence-corrected chi connectivity index (χ3v) is 4.06. The fourth-order valence-electron chi connectivity index (χ4n) is 1.70. The maximum atomic E-state index is 13.7. The van der Waals surface area contributed by atoms with E-state index in [4.69, 9.17) is 29.0 Å². The molecule has 18 heavy (non-hydrogen) atoms. The lowest BCUT2D eigenvalue weighted by Gasteiger charge is -2.16. The Balaban J connectivity index is 2.25. The van der Waals surface area contributed by atoms with E-state index in [2.05, 4.69) is 5.43 Å². The highest BCUT2D eigenvalue weighted by Gasteiger charge is 2.16. The van der Waals surface area contributed by atoms with Gasteiger partial charge in [-0.3, -0.25) is 11.3 Å². The Hall–Kier alpha value is -0.650. The summed E-state index contributed by atoms with van der Waals surface area (Å²) in [6.45, 7) is 0. The van der Waals surface area contributed by atoms with Gasteiger partial charge in [-0.25, -0.2) is 4.39 Å². The van der Waals surface area contributed by atoms with Crippen LogP contribution in [0.1, 0.15) is 16.5 Å². The molecule has 1 aromatic carbocycles. The van der Waals surface area contributed by atoms with Gasteiger partial charge in [-0.2, -0.15) is 0 Å². The lowest BCUT2D eigenvalue weighted by atomic mass is 10.0. The van der Waals surface area contributed by atoms with Crippen LogP contribution in [0.3, 0.4) is 0 Å². The summed E-state index contributed by atoms with van der Waals surface area (Å²) in [4.78, 5) is 1.03. The van der Waals surface area contributed by atoms with Crippen LogP contribution in [0, 0.1) is 5.82 Å². The topological polar surface area (TPSA) is 38.0 Å². The first-order valence-electron chi connectivity index (χ1n) is 5.25. The fraction of sp³-hybridized carbons (Fsp3) is 0.167. The maximum Gasteiger partial charge on any atom is 0.128 e. The van der Waals surface area contributed by atoms with Gasteiger partial charge in [0.1, 0.15) is 5.82 Å². The second kappa shape index (κ2) is 5.99. The fourth-order valence-corrected chi connectivity index (χ4v) is 3.02. The number of rotatable bonds is 4. The van der Waals surface area contributed by atoms with Gasteiger partial charge in [-0.15, -0.1) is 11.3 Å². The average molecular weight is 305 g/mol. The molecule has 2 rings (SSSR count). The Labute approximate surface area is 118 Å². The van der Waals surface area contributed by atoms with Crippen molar-refractivity contribution in [1.29, 1.82) is 0 Å². The van der Waals surface area contributed by atoms with Crippen molar-refractivity contribution in [3.05, 3.63) is 55.9 Å². The van der Waals surface area contributed by atoms with Crippen molar-refractivity contribution in [2.45, 2.75) is 12.5 Å². The van der Waals surface area contributed by atoms with Crippen LogP contribution in [0.25, 0.3) is 0 Å². The monoisotopic (exact) mass is 304 g/mol. The summed E-state index contributed by atoms with van der Waals surface area (Å²) < 4.78 is 14.4. The molecular weight excluding hydrogens is 294 g/mol. The molecule has 0 bridgehead atoms. The molecule has 6 heteroatoms. The van der Waals surface area contributed by atoms with Crippen LogP contribution in [-0.4, -0.2) is 0 Å². The molecule has 0 saturated heterocycles. The van der Waals surface area contributed by atoms with Crippen LogP contribution in [0.5, 0.6) is 0 Å². The highest BCUT2D eigenvalue weighted by molar-refractivity contribution is 7.16. The summed E-state index contributed by atoms with van der Waals surface area (Å²) in [6, 6.07) is 7.80. The number of nitrogens with two attached hydrogens (primary N) is 1. The van der Waals surface area contributed by atoms with Crippen LogP contribution in [-0.2, 0) is 6.42 Å². The smallest absolute Gasteiger partial charge is 0.128 e. The van der Waals surface area contributed by atoms with Gasteiger partial charge in [0.25, 0.3) is 0 Å². The molecule has 0 aliphatic rings. The minimum absolute atomic E-state index is 0.329. The molecule has 3 N–H and O–H groups in total. The highest BCUT2D eigenvalue weighted by atomic mass is 35.5. The number of thiophene rings is 1. The SMILES string of the molecule is NNC(Cc1ccc(Cl)s1)c1cc(Cl)ccc1F. The Morgan fingerprint density at radius 2 is 2.06 bits per heavy atom. The lowest BCUT2D eigenvalue weighted by Crippen LogP contribution is -2.30. The van der Waals surface area contributed by atoms with E-state index in [1.54, 1.807) is 6.07 Å². The van der Waals surface area contributed by atoms with Gasteiger partial charge < -0.3 is 0 Å². The molecular formula is C12H11Cl2FN2S. The summed E-state index contributed by atoms with van der Waals surface area (Å²) in [5.74, 6) is 5.16. The second-order valence-corrected chi connectivity index (χ2v) is 6.03. The van der Waals surface area contributed by atoms with Crippen LogP contribution in [0.4, 0.5) is 4.39 Å². The maximum absolute atomic E-state index is 13.7. The first-order valence-corrected chi connectivity index (χ1v) is 6.82. The molecule has 0 aliphatic heterocycles. The number of nitrogens with one attached hydrogen (secondary N) is 1. The predicted octanol–water partition coefficient (Wildman–Crippen LogP) is 3.94. The highest BCUT2D eigenvalue weighted by Crippen LogP contribution is 2.28. The molecule has 0 spiro atoms. The van der Waals surface area contributed by atoms with Gasteiger partial charge in [-0.05, 0) is 30.3 Å². The molecule has 1 atom stereocenters. The zero-order valence-electron chi connectivity index (χ0n) is 9.29. The number of hydrogen-bond donors (Lipinski definition) is 2. The van der Waals surface area contributed by atoms with E-state index in [1.807, 2.05) is 12.1 Å². The van der Waals surface area contributed by atoms with Crippen LogP contribution in [0.15, 0.2) is 30.3 Å². The van der Waals surface area contributed by atoms with Gasteiger partial charge in [0.15, 0.2) is 0 Å². The van der Waals surface area contributed by atoms with Crippen molar-refractivity contribution in [3.8, 4) is 0 Å². The molecule has 1 aromatic heterocycles. The zero-order chi connectivity index (χ0) is 13.1. The van der Waals surface area contributed by atoms with E-state index in [9.17, 15) is 4.39 Å². The van der Waals surface area contributed by atoms with E-state index in [1.165, 1.54) is 23.5 Å². The third kappa shape index (κ3) is 3.22. The van der Waals surface area contributed by atoms with Gasteiger partial charge in [0.2, 0.25) is 0 Å². The van der Waals surface area contributed by atoms with Gasteiger partial charge in [0.05, 0.1) is 10.4 Å². The molecule has 0 aliphatic carbocycles. The van der Waals surface area contributed by atoms with E-state index >= 15 is 0 Å². The molecule has 1 unspecified atom stereocenters. The number of benzene rings is 1. The first-order chi connectivity index (χ1) is 8.60. The summed E-state index contributed by atoms with van der Waals surface area (Å²) in [7, 11) is 0. The zero-order valence-corrected chi connectivity index (χ0v) is 11.6. The molecule has 96 valence electrons. The standard InChI is InChI=1S/C12H11Cl2FN2S/c13-7-1-3-10(15)9(5-7)11(17-16)6-8-2-4-12(14)18-8/h1-5,11,17H,6,16H2. The van der Waals surface area contributed by atoms with E-state index in [0.29, 0.717) is 21.3 Å². The molecule has 2 nitrogen and oxygen atoms in total. The molecule has 0 fully saturated rings. The molecule has 2 aromatic rings.